The first kappa shape index (κ1) is 27.3. The summed E-state index contributed by atoms with van der Waals surface area (Å²) >= 11 is 7.01. The summed E-state index contributed by atoms with van der Waals surface area (Å²) in [4.78, 5) is 16.2. The van der Waals surface area contributed by atoms with Gasteiger partial charge in [-0.3, -0.25) is 4.90 Å². The summed E-state index contributed by atoms with van der Waals surface area (Å²) in [5.41, 5.74) is 0.993. The molecule has 0 aromatic heterocycles. The predicted molar refractivity (Wildman–Crippen MR) is 156 cm³/mol. The molecule has 0 bridgehead atoms. The molecule has 4 rings (SSSR count). The molecule has 1 amide bonds. The first-order valence-electron chi connectivity index (χ1n) is 13.1. The molecule has 2 fully saturated rings. The number of hydrogen-bond acceptors (Lipinski definition) is 4. The van der Waals surface area contributed by atoms with E-state index in [9.17, 15) is 4.79 Å². The second-order valence-electron chi connectivity index (χ2n) is 11.4. The molecule has 7 heteroatoms. The van der Waals surface area contributed by atoms with Crippen LogP contribution in [-0.2, 0) is 4.74 Å². The smallest absolute Gasteiger partial charge is 0.411 e. The fraction of sp³-hybridized carbons (Fsp3) is 0.552. The van der Waals surface area contributed by atoms with E-state index in [0.717, 1.165) is 71.7 Å². The van der Waals surface area contributed by atoms with E-state index in [4.69, 9.17) is 4.74 Å². The minimum atomic E-state index is -0.480. The van der Waals surface area contributed by atoms with Gasteiger partial charge >= 0.3 is 6.09 Å². The number of carbonyl (C=O) groups excluding carboxylic acids is 1. The van der Waals surface area contributed by atoms with Crippen molar-refractivity contribution in [3.05, 3.63) is 57.5 Å². The molecule has 36 heavy (non-hydrogen) atoms. The molecule has 2 saturated carbocycles. The van der Waals surface area contributed by atoms with E-state index in [1.807, 2.05) is 24.3 Å². The van der Waals surface area contributed by atoms with Crippen LogP contribution in [0, 0.1) is 0 Å². The van der Waals surface area contributed by atoms with Gasteiger partial charge in [-0.1, -0.05) is 44.7 Å². The molecule has 0 heterocycles. The van der Waals surface area contributed by atoms with Gasteiger partial charge in [-0.05, 0) is 108 Å². The fourth-order valence-electron chi connectivity index (χ4n) is 5.92. The lowest BCUT2D eigenvalue weighted by Gasteiger charge is -2.49. The number of ether oxygens (including phenoxy) is 1. The van der Waals surface area contributed by atoms with E-state index in [2.05, 4.69) is 92.4 Å². The van der Waals surface area contributed by atoms with Gasteiger partial charge < -0.3 is 15.4 Å². The molecule has 0 atom stereocenters. The van der Waals surface area contributed by atoms with Crippen molar-refractivity contribution in [2.24, 2.45) is 0 Å². The predicted octanol–water partition coefficient (Wildman–Crippen LogP) is 8.60. The van der Waals surface area contributed by atoms with Crippen LogP contribution in [0.4, 0.5) is 16.2 Å². The van der Waals surface area contributed by atoms with E-state index < -0.39 is 5.60 Å². The molecule has 0 spiro atoms. The molecule has 2 aromatic rings. The summed E-state index contributed by atoms with van der Waals surface area (Å²) in [7, 11) is 0. The third kappa shape index (κ3) is 6.58. The van der Waals surface area contributed by atoms with Crippen LogP contribution in [0.1, 0.15) is 72.1 Å². The van der Waals surface area contributed by atoms with Crippen molar-refractivity contribution >= 4 is 49.3 Å². The maximum absolute atomic E-state index is 14.1. The highest BCUT2D eigenvalue weighted by Crippen LogP contribution is 2.42. The van der Waals surface area contributed by atoms with Crippen LogP contribution in [-0.4, -0.2) is 40.8 Å². The number of nitrogens with zero attached hydrogens (tertiary/aromatic N) is 1. The first-order chi connectivity index (χ1) is 17.1. The van der Waals surface area contributed by atoms with Crippen molar-refractivity contribution in [3.8, 4) is 0 Å². The molecule has 2 aliphatic rings. The van der Waals surface area contributed by atoms with Gasteiger partial charge in [-0.15, -0.1) is 0 Å². The molecule has 0 saturated heterocycles. The lowest BCUT2D eigenvalue weighted by Crippen LogP contribution is -2.63. The summed E-state index contributed by atoms with van der Waals surface area (Å²) in [6.07, 6.45) is 7.98. The maximum atomic E-state index is 14.1. The molecule has 2 aliphatic carbocycles. The van der Waals surface area contributed by atoms with Crippen LogP contribution < -0.4 is 10.6 Å². The molecular formula is C29H39Br2N3O2. The highest BCUT2D eigenvalue weighted by atomic mass is 79.9. The molecule has 196 valence electrons. The van der Waals surface area contributed by atoms with Crippen LogP contribution >= 0.6 is 31.9 Å². The van der Waals surface area contributed by atoms with E-state index >= 15 is 0 Å². The Kier molecular flexibility index (Phi) is 8.60. The highest BCUT2D eigenvalue weighted by molar-refractivity contribution is 9.10. The van der Waals surface area contributed by atoms with Gasteiger partial charge in [0.2, 0.25) is 0 Å². The Hall–Kier alpha value is -1.73. The average Bonchev–Trinajstić information content (AvgIpc) is 3.48. The summed E-state index contributed by atoms with van der Waals surface area (Å²) in [5, 5.41) is 7.17. The van der Waals surface area contributed by atoms with Gasteiger partial charge in [-0.2, -0.15) is 0 Å². The SMILES string of the molecule is CC(C)(C)N(C(=O)OC1(CNc2ccc(Br)cc2)CCCC1)C1(CNc2ccc(Br)cc2)CCCC1. The minimum absolute atomic E-state index is 0.179. The number of anilines is 2. The normalized spacial score (nSPS) is 18.6. The third-order valence-electron chi connectivity index (χ3n) is 7.61. The minimum Gasteiger partial charge on any atom is -0.441 e. The average molecular weight is 621 g/mol. The van der Waals surface area contributed by atoms with Crippen molar-refractivity contribution in [2.45, 2.75) is 88.8 Å². The van der Waals surface area contributed by atoms with Crippen LogP contribution in [0.5, 0.6) is 0 Å². The summed E-state index contributed by atoms with van der Waals surface area (Å²) in [6.45, 7) is 7.74. The third-order valence-corrected chi connectivity index (χ3v) is 8.66. The largest absolute Gasteiger partial charge is 0.441 e. The molecule has 0 radical (unpaired) electrons. The molecule has 0 aliphatic heterocycles. The van der Waals surface area contributed by atoms with Crippen LogP contribution in [0.2, 0.25) is 0 Å². The quantitative estimate of drug-likeness (QED) is 0.310. The van der Waals surface area contributed by atoms with E-state index in [1.165, 1.54) is 0 Å². The Morgan fingerprint density at radius 1 is 0.806 bits per heavy atom. The van der Waals surface area contributed by atoms with E-state index in [0.29, 0.717) is 13.1 Å². The number of amides is 1. The van der Waals surface area contributed by atoms with Gasteiger partial charge in [0, 0.05) is 32.4 Å². The fourth-order valence-corrected chi connectivity index (χ4v) is 6.45. The Morgan fingerprint density at radius 2 is 1.25 bits per heavy atom. The number of halogens is 2. The van der Waals surface area contributed by atoms with Crippen LogP contribution in [0.3, 0.4) is 0 Å². The highest BCUT2D eigenvalue weighted by Gasteiger charge is 2.50. The van der Waals surface area contributed by atoms with E-state index in [1.54, 1.807) is 0 Å². The zero-order valence-electron chi connectivity index (χ0n) is 21.7. The Bertz CT molecular complexity index is 1010. The Balaban J connectivity index is 1.53. The topological polar surface area (TPSA) is 53.6 Å². The molecule has 2 aromatic carbocycles. The Labute approximate surface area is 233 Å². The number of benzene rings is 2. The molecule has 5 nitrogen and oxygen atoms in total. The summed E-state index contributed by atoms with van der Waals surface area (Å²) < 4.78 is 8.63. The lowest BCUT2D eigenvalue weighted by molar-refractivity contribution is -0.0432. The van der Waals surface area contributed by atoms with Crippen molar-refractivity contribution in [3.63, 3.8) is 0 Å². The second kappa shape index (κ2) is 11.3. The summed E-state index contributed by atoms with van der Waals surface area (Å²) in [5.74, 6) is 0. The standard InChI is InChI=1S/C29H39Br2N3O2/c1-27(2,3)34(28(16-4-5-17-28)20-32-24-12-8-22(30)9-13-24)26(35)36-29(18-6-7-19-29)21-33-25-14-10-23(31)11-15-25/h8-15,32-33H,4-7,16-21H2,1-3H3. The zero-order chi connectivity index (χ0) is 25.8. The lowest BCUT2D eigenvalue weighted by atomic mass is 9.89. The van der Waals surface area contributed by atoms with Crippen molar-refractivity contribution in [1.82, 2.24) is 4.90 Å². The second-order valence-corrected chi connectivity index (χ2v) is 13.2. The van der Waals surface area contributed by atoms with E-state index in [-0.39, 0.29) is 17.2 Å². The van der Waals surface area contributed by atoms with Crippen molar-refractivity contribution in [1.29, 1.82) is 0 Å². The number of hydrogen-bond donors (Lipinski definition) is 2. The van der Waals surface area contributed by atoms with Crippen LogP contribution in [0.25, 0.3) is 0 Å². The van der Waals surface area contributed by atoms with Crippen molar-refractivity contribution < 1.29 is 9.53 Å². The number of nitrogens with one attached hydrogen (secondary N) is 2. The van der Waals surface area contributed by atoms with Gasteiger partial charge in [-0.25, -0.2) is 4.79 Å². The summed E-state index contributed by atoms with van der Waals surface area (Å²) in [6, 6.07) is 16.4. The Morgan fingerprint density at radius 3 is 1.72 bits per heavy atom. The van der Waals surface area contributed by atoms with Gasteiger partial charge in [0.15, 0.2) is 0 Å². The zero-order valence-corrected chi connectivity index (χ0v) is 24.9. The first-order valence-corrected chi connectivity index (χ1v) is 14.7. The van der Waals surface area contributed by atoms with Crippen LogP contribution in [0.15, 0.2) is 57.5 Å². The van der Waals surface area contributed by atoms with Gasteiger partial charge in [0.05, 0.1) is 12.1 Å². The maximum Gasteiger partial charge on any atom is 0.411 e. The van der Waals surface area contributed by atoms with Crippen molar-refractivity contribution in [2.75, 3.05) is 23.7 Å². The number of carbonyl (C=O) groups is 1. The molecular weight excluding hydrogens is 582 g/mol. The van der Waals surface area contributed by atoms with Gasteiger partial charge in [0.1, 0.15) is 5.60 Å². The number of rotatable bonds is 8. The monoisotopic (exact) mass is 619 g/mol. The molecule has 0 unspecified atom stereocenters. The van der Waals surface area contributed by atoms with Gasteiger partial charge in [0.25, 0.3) is 0 Å². The molecule has 2 N–H and O–H groups in total.